The van der Waals surface area contributed by atoms with Crippen LogP contribution in [-0.4, -0.2) is 64.3 Å². The minimum atomic E-state index is -0.502. The van der Waals surface area contributed by atoms with Gasteiger partial charge >= 0.3 is 0 Å². The Morgan fingerprint density at radius 2 is 1.77 bits per heavy atom. The van der Waals surface area contributed by atoms with Gasteiger partial charge in [-0.15, -0.1) is 0 Å². The average Bonchev–Trinajstić information content (AvgIpc) is 3.29. The van der Waals surface area contributed by atoms with E-state index in [2.05, 4.69) is 25.7 Å². The van der Waals surface area contributed by atoms with Crippen molar-refractivity contribution >= 4 is 23.2 Å². The number of anilines is 2. The molecule has 0 atom stereocenters. The fraction of sp³-hybridized carbons (Fsp3) is 0.263. The van der Waals surface area contributed by atoms with Gasteiger partial charge in [-0.05, 0) is 28.6 Å². The van der Waals surface area contributed by atoms with Gasteiger partial charge in [0.1, 0.15) is 0 Å². The molecule has 2 aromatic carbocycles. The van der Waals surface area contributed by atoms with Crippen LogP contribution in [-0.2, 0) is 0 Å². The first-order valence-electron chi connectivity index (χ1n) is 9.42. The number of carbonyl (C=O) groups excluding carboxylic acids is 1. The topological polar surface area (TPSA) is 122 Å². The highest BCUT2D eigenvalue weighted by Gasteiger charge is 2.26. The standard InChI is InChI=1S/C19H20N8O3/c1-20-18(28)16-13-15(27(29)30)7-8-17(16)24-9-11-25(12-10-24)19-21-22-23-26(19)14-5-3-2-4-6-14/h2-8,13H,9-12H2,1H3,(H,20,28). The monoisotopic (exact) mass is 408 g/mol. The van der Waals surface area contributed by atoms with Crippen LogP contribution in [0.1, 0.15) is 10.4 Å². The summed E-state index contributed by atoms with van der Waals surface area (Å²) >= 11 is 0. The molecule has 154 valence electrons. The fourth-order valence-electron chi connectivity index (χ4n) is 3.49. The van der Waals surface area contributed by atoms with E-state index in [4.69, 9.17) is 0 Å². The van der Waals surface area contributed by atoms with E-state index in [0.29, 0.717) is 37.8 Å². The molecular weight excluding hydrogens is 388 g/mol. The molecule has 0 bridgehead atoms. The van der Waals surface area contributed by atoms with Gasteiger partial charge in [0.25, 0.3) is 11.6 Å². The zero-order valence-corrected chi connectivity index (χ0v) is 16.3. The summed E-state index contributed by atoms with van der Waals surface area (Å²) in [6, 6.07) is 14.0. The molecule has 3 aromatic rings. The summed E-state index contributed by atoms with van der Waals surface area (Å²) in [5.41, 5.74) is 1.71. The lowest BCUT2D eigenvalue weighted by molar-refractivity contribution is -0.384. The maximum absolute atomic E-state index is 12.3. The van der Waals surface area contributed by atoms with Crippen molar-refractivity contribution in [3.63, 3.8) is 0 Å². The molecule has 1 saturated heterocycles. The summed E-state index contributed by atoms with van der Waals surface area (Å²) in [7, 11) is 1.51. The predicted molar refractivity (Wildman–Crippen MR) is 110 cm³/mol. The Balaban J connectivity index is 1.54. The van der Waals surface area contributed by atoms with Gasteiger partial charge in [0.15, 0.2) is 0 Å². The molecule has 0 unspecified atom stereocenters. The molecule has 1 aromatic heterocycles. The van der Waals surface area contributed by atoms with Crippen LogP contribution in [0, 0.1) is 10.1 Å². The van der Waals surface area contributed by atoms with Gasteiger partial charge in [0.05, 0.1) is 21.9 Å². The Morgan fingerprint density at radius 1 is 1.07 bits per heavy atom. The van der Waals surface area contributed by atoms with Crippen molar-refractivity contribution < 1.29 is 9.72 Å². The van der Waals surface area contributed by atoms with E-state index < -0.39 is 4.92 Å². The van der Waals surface area contributed by atoms with Crippen LogP contribution in [0.5, 0.6) is 0 Å². The molecular formula is C19H20N8O3. The molecule has 11 heteroatoms. The van der Waals surface area contributed by atoms with Crippen molar-refractivity contribution in [2.24, 2.45) is 0 Å². The Hall–Kier alpha value is -4.02. The molecule has 1 fully saturated rings. The summed E-state index contributed by atoms with van der Waals surface area (Å²) < 4.78 is 1.69. The van der Waals surface area contributed by atoms with E-state index >= 15 is 0 Å². The molecule has 0 radical (unpaired) electrons. The molecule has 0 spiro atoms. The predicted octanol–water partition coefficient (Wildman–Crippen LogP) is 1.26. The van der Waals surface area contributed by atoms with Crippen LogP contribution >= 0.6 is 0 Å². The number of tetrazole rings is 1. The smallest absolute Gasteiger partial charge is 0.270 e. The lowest BCUT2D eigenvalue weighted by Crippen LogP contribution is -2.48. The Kier molecular flexibility index (Phi) is 5.24. The van der Waals surface area contributed by atoms with Crippen LogP contribution in [0.15, 0.2) is 48.5 Å². The summed E-state index contributed by atoms with van der Waals surface area (Å²) in [6.07, 6.45) is 0. The minimum Gasteiger partial charge on any atom is -0.367 e. The zero-order valence-electron chi connectivity index (χ0n) is 16.3. The van der Waals surface area contributed by atoms with Crippen molar-refractivity contribution in [3.05, 3.63) is 64.2 Å². The van der Waals surface area contributed by atoms with Crippen molar-refractivity contribution in [2.45, 2.75) is 0 Å². The highest BCUT2D eigenvalue weighted by molar-refractivity contribution is 6.00. The lowest BCUT2D eigenvalue weighted by atomic mass is 10.1. The van der Waals surface area contributed by atoms with Crippen LogP contribution in [0.3, 0.4) is 0 Å². The summed E-state index contributed by atoms with van der Waals surface area (Å²) in [5, 5.41) is 25.8. The number of hydrogen-bond acceptors (Lipinski definition) is 8. The SMILES string of the molecule is CNC(=O)c1cc([N+](=O)[O-])ccc1N1CCN(c2nnnn2-c2ccccc2)CC1. The first-order chi connectivity index (χ1) is 14.6. The van der Waals surface area contributed by atoms with Gasteiger partial charge in [-0.1, -0.05) is 23.3 Å². The van der Waals surface area contributed by atoms with Gasteiger partial charge in [0, 0.05) is 45.4 Å². The van der Waals surface area contributed by atoms with Gasteiger partial charge < -0.3 is 15.1 Å². The molecule has 1 aliphatic heterocycles. The molecule has 0 saturated carbocycles. The molecule has 30 heavy (non-hydrogen) atoms. The van der Waals surface area contributed by atoms with E-state index in [9.17, 15) is 14.9 Å². The van der Waals surface area contributed by atoms with Crippen molar-refractivity contribution in [2.75, 3.05) is 43.0 Å². The van der Waals surface area contributed by atoms with Crippen LogP contribution < -0.4 is 15.1 Å². The number of benzene rings is 2. The highest BCUT2D eigenvalue weighted by Crippen LogP contribution is 2.27. The number of rotatable bonds is 5. The van der Waals surface area contributed by atoms with Gasteiger partial charge in [0.2, 0.25) is 5.95 Å². The van der Waals surface area contributed by atoms with Gasteiger partial charge in [-0.3, -0.25) is 14.9 Å². The number of amides is 1. The molecule has 0 aliphatic carbocycles. The average molecular weight is 408 g/mol. The van der Waals surface area contributed by atoms with Crippen molar-refractivity contribution in [1.29, 1.82) is 0 Å². The maximum atomic E-state index is 12.3. The summed E-state index contributed by atoms with van der Waals surface area (Å²) in [4.78, 5) is 27.0. The normalized spacial score (nSPS) is 13.9. The van der Waals surface area contributed by atoms with Crippen LogP contribution in [0.2, 0.25) is 0 Å². The number of para-hydroxylation sites is 1. The van der Waals surface area contributed by atoms with Gasteiger partial charge in [-0.25, -0.2) is 0 Å². The van der Waals surface area contributed by atoms with E-state index in [1.807, 2.05) is 35.2 Å². The number of hydrogen-bond donors (Lipinski definition) is 1. The molecule has 2 heterocycles. The Bertz CT molecular complexity index is 1060. The second-order valence-electron chi connectivity index (χ2n) is 6.74. The second-order valence-corrected chi connectivity index (χ2v) is 6.74. The first-order valence-corrected chi connectivity index (χ1v) is 9.42. The van der Waals surface area contributed by atoms with Crippen molar-refractivity contribution in [3.8, 4) is 5.69 Å². The largest absolute Gasteiger partial charge is 0.367 e. The molecule has 1 amide bonds. The third-order valence-corrected chi connectivity index (χ3v) is 5.02. The molecule has 4 rings (SSSR count). The quantitative estimate of drug-likeness (QED) is 0.494. The Labute approximate surface area is 172 Å². The number of piperazine rings is 1. The minimum absolute atomic E-state index is 0.113. The fourth-order valence-corrected chi connectivity index (χ4v) is 3.49. The third-order valence-electron chi connectivity index (χ3n) is 5.02. The number of nitro groups is 1. The van der Waals surface area contributed by atoms with Crippen LogP contribution in [0.25, 0.3) is 5.69 Å². The maximum Gasteiger partial charge on any atom is 0.270 e. The molecule has 11 nitrogen and oxygen atoms in total. The number of non-ortho nitro benzene ring substituents is 1. The van der Waals surface area contributed by atoms with Crippen molar-refractivity contribution in [1.82, 2.24) is 25.5 Å². The van der Waals surface area contributed by atoms with Gasteiger partial charge in [-0.2, -0.15) is 4.68 Å². The summed E-state index contributed by atoms with van der Waals surface area (Å²) in [6.45, 7) is 2.50. The number of aromatic nitrogens is 4. The lowest BCUT2D eigenvalue weighted by Gasteiger charge is -2.36. The summed E-state index contributed by atoms with van der Waals surface area (Å²) in [5.74, 6) is 0.292. The zero-order chi connectivity index (χ0) is 21.1. The molecule has 1 aliphatic rings. The second kappa shape index (κ2) is 8.15. The highest BCUT2D eigenvalue weighted by atomic mass is 16.6. The first kappa shape index (κ1) is 19.3. The number of carbonyl (C=O) groups is 1. The number of nitrogens with zero attached hydrogens (tertiary/aromatic N) is 7. The van der Waals surface area contributed by atoms with E-state index in [0.717, 1.165) is 5.69 Å². The number of nitrogens with one attached hydrogen (secondary N) is 1. The van der Waals surface area contributed by atoms with E-state index in [1.165, 1.54) is 19.2 Å². The molecule has 1 N–H and O–H groups in total. The van der Waals surface area contributed by atoms with E-state index in [1.54, 1.807) is 10.7 Å². The van der Waals surface area contributed by atoms with Crippen LogP contribution in [0.4, 0.5) is 17.3 Å². The third kappa shape index (κ3) is 3.64. The number of nitro benzene ring substituents is 1. The van der Waals surface area contributed by atoms with E-state index in [-0.39, 0.29) is 17.2 Å². The Morgan fingerprint density at radius 3 is 2.43 bits per heavy atom.